The van der Waals surface area contributed by atoms with Gasteiger partial charge in [0.15, 0.2) is 17.4 Å². The van der Waals surface area contributed by atoms with Gasteiger partial charge in [0.05, 0.1) is 0 Å². The number of sulfonamides is 1. The van der Waals surface area contributed by atoms with Crippen LogP contribution in [0.5, 0.6) is 5.75 Å². The van der Waals surface area contributed by atoms with E-state index in [1.165, 1.54) is 0 Å². The standard InChI is InChI=1S/C11H12F2N4O3S/c1-6-15-16-9(17(6)2)5-20-7-3-4-8(21(14,18)19)11(13)10(7)12/h3-4H,5H2,1-2H3,(H2,14,18,19). The molecule has 114 valence electrons. The molecule has 0 unspecified atom stereocenters. The first-order valence-corrected chi connectivity index (χ1v) is 7.25. The summed E-state index contributed by atoms with van der Waals surface area (Å²) in [4.78, 5) is -0.929. The zero-order valence-electron chi connectivity index (χ0n) is 11.2. The van der Waals surface area contributed by atoms with Crippen LogP contribution >= 0.6 is 0 Å². The Hall–Kier alpha value is -2.07. The van der Waals surface area contributed by atoms with Gasteiger partial charge in [0.2, 0.25) is 15.8 Å². The maximum Gasteiger partial charge on any atom is 0.241 e. The number of nitrogens with zero attached hydrogens (tertiary/aromatic N) is 3. The van der Waals surface area contributed by atoms with E-state index in [0.717, 1.165) is 12.1 Å². The number of halogens is 2. The minimum Gasteiger partial charge on any atom is -0.482 e. The quantitative estimate of drug-likeness (QED) is 0.891. The third kappa shape index (κ3) is 3.00. The van der Waals surface area contributed by atoms with E-state index in [4.69, 9.17) is 9.88 Å². The van der Waals surface area contributed by atoms with Gasteiger partial charge in [-0.2, -0.15) is 4.39 Å². The van der Waals surface area contributed by atoms with Crippen molar-refractivity contribution in [2.75, 3.05) is 0 Å². The lowest BCUT2D eigenvalue weighted by Crippen LogP contribution is -2.15. The number of ether oxygens (including phenoxy) is 1. The van der Waals surface area contributed by atoms with E-state index in [1.807, 2.05) is 0 Å². The molecule has 10 heteroatoms. The maximum absolute atomic E-state index is 13.7. The molecule has 0 aliphatic rings. The predicted octanol–water partition coefficient (Wildman–Crippen LogP) is 0.628. The predicted molar refractivity (Wildman–Crippen MR) is 67.8 cm³/mol. The number of hydrogen-bond acceptors (Lipinski definition) is 5. The summed E-state index contributed by atoms with van der Waals surface area (Å²) in [7, 11) is -2.65. The van der Waals surface area contributed by atoms with Crippen LogP contribution in [0.3, 0.4) is 0 Å². The molecule has 0 saturated heterocycles. The second-order valence-corrected chi connectivity index (χ2v) is 5.78. The molecule has 0 amide bonds. The van der Waals surface area contributed by atoms with E-state index in [0.29, 0.717) is 11.6 Å². The zero-order valence-corrected chi connectivity index (χ0v) is 12.0. The van der Waals surface area contributed by atoms with E-state index in [1.54, 1.807) is 18.5 Å². The molecule has 0 bridgehead atoms. The van der Waals surface area contributed by atoms with Gasteiger partial charge in [0.1, 0.15) is 17.3 Å². The Balaban J connectivity index is 2.26. The second kappa shape index (κ2) is 5.37. The summed E-state index contributed by atoms with van der Waals surface area (Å²) in [5.74, 6) is -2.42. The van der Waals surface area contributed by atoms with Gasteiger partial charge < -0.3 is 9.30 Å². The van der Waals surface area contributed by atoms with Crippen LogP contribution in [0.2, 0.25) is 0 Å². The number of hydrogen-bond donors (Lipinski definition) is 1. The van der Waals surface area contributed by atoms with E-state index in [9.17, 15) is 17.2 Å². The largest absolute Gasteiger partial charge is 0.482 e. The number of aromatic nitrogens is 3. The summed E-state index contributed by atoms with van der Waals surface area (Å²) in [6.45, 7) is 1.57. The van der Waals surface area contributed by atoms with E-state index in [-0.39, 0.29) is 6.61 Å². The summed E-state index contributed by atoms with van der Waals surface area (Å²) in [5, 5.41) is 12.3. The topological polar surface area (TPSA) is 100 Å². The average Bonchev–Trinajstić information content (AvgIpc) is 2.70. The van der Waals surface area contributed by atoms with Gasteiger partial charge in [-0.1, -0.05) is 0 Å². The molecule has 1 aromatic heterocycles. The lowest BCUT2D eigenvalue weighted by molar-refractivity contribution is 0.270. The van der Waals surface area contributed by atoms with Gasteiger partial charge in [0.25, 0.3) is 0 Å². The molecule has 0 radical (unpaired) electrons. The molecule has 0 spiro atoms. The minimum atomic E-state index is -4.34. The van der Waals surface area contributed by atoms with Crippen LogP contribution in [0.1, 0.15) is 11.6 Å². The van der Waals surface area contributed by atoms with Crippen molar-refractivity contribution in [2.24, 2.45) is 12.2 Å². The minimum absolute atomic E-state index is 0.150. The molecule has 0 aliphatic carbocycles. The third-order valence-electron chi connectivity index (χ3n) is 2.86. The maximum atomic E-state index is 13.7. The first-order chi connectivity index (χ1) is 9.71. The fraction of sp³-hybridized carbons (Fsp3) is 0.273. The van der Waals surface area contributed by atoms with Crippen molar-refractivity contribution in [1.82, 2.24) is 14.8 Å². The molecule has 2 N–H and O–H groups in total. The Morgan fingerprint density at radius 1 is 1.29 bits per heavy atom. The van der Waals surface area contributed by atoms with Crippen LogP contribution in [0, 0.1) is 18.6 Å². The zero-order chi connectivity index (χ0) is 15.8. The smallest absolute Gasteiger partial charge is 0.241 e. The molecule has 1 aromatic carbocycles. The SMILES string of the molecule is Cc1nnc(COc2ccc(S(N)(=O)=O)c(F)c2F)n1C. The lowest BCUT2D eigenvalue weighted by atomic mass is 10.3. The average molecular weight is 318 g/mol. The van der Waals surface area contributed by atoms with Crippen molar-refractivity contribution in [3.05, 3.63) is 35.4 Å². The summed E-state index contributed by atoms with van der Waals surface area (Å²) in [6, 6.07) is 1.83. The number of benzene rings is 1. The number of rotatable bonds is 4. The molecule has 0 atom stereocenters. The monoisotopic (exact) mass is 318 g/mol. The Labute approximate surface area is 119 Å². The lowest BCUT2D eigenvalue weighted by Gasteiger charge is -2.09. The normalized spacial score (nSPS) is 11.7. The molecule has 0 aliphatic heterocycles. The Morgan fingerprint density at radius 3 is 2.48 bits per heavy atom. The first-order valence-electron chi connectivity index (χ1n) is 5.70. The fourth-order valence-electron chi connectivity index (χ4n) is 1.56. The Kier molecular flexibility index (Phi) is 3.92. The van der Waals surface area contributed by atoms with Crippen molar-refractivity contribution in [2.45, 2.75) is 18.4 Å². The highest BCUT2D eigenvalue weighted by Crippen LogP contribution is 2.25. The van der Waals surface area contributed by atoms with Crippen LogP contribution in [-0.2, 0) is 23.7 Å². The Morgan fingerprint density at radius 2 is 1.95 bits per heavy atom. The summed E-state index contributed by atoms with van der Waals surface area (Å²) < 4.78 is 56.2. The van der Waals surface area contributed by atoms with Crippen LogP contribution < -0.4 is 9.88 Å². The van der Waals surface area contributed by atoms with Crippen LogP contribution in [0.25, 0.3) is 0 Å². The summed E-state index contributed by atoms with van der Waals surface area (Å²) in [6.07, 6.45) is 0. The number of primary sulfonamides is 1. The van der Waals surface area contributed by atoms with Crippen molar-refractivity contribution in [1.29, 1.82) is 0 Å². The highest BCUT2D eigenvalue weighted by atomic mass is 32.2. The van der Waals surface area contributed by atoms with Gasteiger partial charge in [0, 0.05) is 7.05 Å². The van der Waals surface area contributed by atoms with Crippen LogP contribution in [0.4, 0.5) is 8.78 Å². The van der Waals surface area contributed by atoms with Crippen molar-refractivity contribution >= 4 is 10.0 Å². The molecular formula is C11H12F2N4O3S. The Bertz CT molecular complexity index is 789. The van der Waals surface area contributed by atoms with Gasteiger partial charge in [-0.3, -0.25) is 0 Å². The van der Waals surface area contributed by atoms with E-state index in [2.05, 4.69) is 10.2 Å². The van der Waals surface area contributed by atoms with E-state index >= 15 is 0 Å². The number of aryl methyl sites for hydroxylation is 1. The van der Waals surface area contributed by atoms with Gasteiger partial charge in [-0.05, 0) is 19.1 Å². The van der Waals surface area contributed by atoms with Crippen LogP contribution in [0.15, 0.2) is 17.0 Å². The summed E-state index contributed by atoms with van der Waals surface area (Å²) in [5.41, 5.74) is 0. The molecule has 2 aromatic rings. The number of nitrogens with two attached hydrogens (primary N) is 1. The highest BCUT2D eigenvalue weighted by molar-refractivity contribution is 7.89. The van der Waals surface area contributed by atoms with Crippen molar-refractivity contribution in [3.8, 4) is 5.75 Å². The molecule has 0 saturated carbocycles. The van der Waals surface area contributed by atoms with Gasteiger partial charge in [-0.15, -0.1) is 10.2 Å². The molecule has 7 nitrogen and oxygen atoms in total. The van der Waals surface area contributed by atoms with Crippen LogP contribution in [-0.4, -0.2) is 23.2 Å². The fourth-order valence-corrected chi connectivity index (χ4v) is 2.16. The first kappa shape index (κ1) is 15.3. The molecule has 1 heterocycles. The van der Waals surface area contributed by atoms with Gasteiger partial charge in [-0.25, -0.2) is 17.9 Å². The second-order valence-electron chi connectivity index (χ2n) is 4.25. The van der Waals surface area contributed by atoms with Gasteiger partial charge >= 0.3 is 0 Å². The molecule has 2 rings (SSSR count). The van der Waals surface area contributed by atoms with Crippen molar-refractivity contribution < 1.29 is 21.9 Å². The van der Waals surface area contributed by atoms with E-state index < -0.39 is 32.3 Å². The molecular weight excluding hydrogens is 306 g/mol. The molecule has 21 heavy (non-hydrogen) atoms. The third-order valence-corrected chi connectivity index (χ3v) is 3.79. The van der Waals surface area contributed by atoms with Crippen molar-refractivity contribution in [3.63, 3.8) is 0 Å². The molecule has 0 fully saturated rings. The summed E-state index contributed by atoms with van der Waals surface area (Å²) >= 11 is 0. The highest BCUT2D eigenvalue weighted by Gasteiger charge is 2.21.